The highest BCUT2D eigenvalue weighted by Crippen LogP contribution is 2.21. The summed E-state index contributed by atoms with van der Waals surface area (Å²) in [5, 5.41) is 2.77. The second kappa shape index (κ2) is 5.03. The van der Waals surface area contributed by atoms with E-state index in [-0.39, 0.29) is 18.1 Å². The monoisotopic (exact) mass is 237 g/mol. The van der Waals surface area contributed by atoms with Crippen molar-refractivity contribution in [1.29, 1.82) is 0 Å². The van der Waals surface area contributed by atoms with Gasteiger partial charge in [0.25, 0.3) is 0 Å². The van der Waals surface area contributed by atoms with Crippen LogP contribution in [0.1, 0.15) is 12.8 Å². The minimum absolute atomic E-state index is 0.00912. The fourth-order valence-electron chi connectivity index (χ4n) is 1.97. The van der Waals surface area contributed by atoms with E-state index in [1.165, 1.54) is 12.1 Å². The van der Waals surface area contributed by atoms with Gasteiger partial charge in [0.05, 0.1) is 17.9 Å². The fraction of sp³-hybridized carbons (Fsp3) is 0.417. The maximum Gasteiger partial charge on any atom is 0.241 e. The standard InChI is InChI=1S/C12H16FN3O/c13-9-4-3-5-10(14)12(9)15-8-11(17)16-6-1-2-7-16/h3-5,15H,1-2,6-8,14H2. The number of carbonyl (C=O) groups excluding carboxylic acids is 1. The van der Waals surface area contributed by atoms with Gasteiger partial charge in [-0.25, -0.2) is 4.39 Å². The number of rotatable bonds is 3. The number of nitrogen functional groups attached to an aromatic ring is 1. The second-order valence-corrected chi connectivity index (χ2v) is 4.15. The molecule has 0 bridgehead atoms. The van der Waals surface area contributed by atoms with Crippen molar-refractivity contribution in [3.63, 3.8) is 0 Å². The number of para-hydroxylation sites is 1. The molecule has 1 aromatic rings. The van der Waals surface area contributed by atoms with E-state index in [0.717, 1.165) is 25.9 Å². The normalized spacial score (nSPS) is 15.0. The molecule has 1 aromatic carbocycles. The first kappa shape index (κ1) is 11.7. The van der Waals surface area contributed by atoms with Gasteiger partial charge in [0.2, 0.25) is 5.91 Å². The molecule has 0 spiro atoms. The van der Waals surface area contributed by atoms with Crippen molar-refractivity contribution in [2.45, 2.75) is 12.8 Å². The number of halogens is 1. The van der Waals surface area contributed by atoms with Crippen molar-refractivity contribution >= 4 is 17.3 Å². The highest BCUT2D eigenvalue weighted by Gasteiger charge is 2.18. The number of nitrogens with one attached hydrogen (secondary N) is 1. The van der Waals surface area contributed by atoms with Gasteiger partial charge in [-0.3, -0.25) is 4.79 Å². The van der Waals surface area contributed by atoms with Crippen molar-refractivity contribution in [3.8, 4) is 0 Å². The number of hydrogen-bond donors (Lipinski definition) is 2. The van der Waals surface area contributed by atoms with Crippen LogP contribution in [-0.4, -0.2) is 30.4 Å². The molecule has 1 saturated heterocycles. The number of amides is 1. The molecule has 92 valence electrons. The molecular weight excluding hydrogens is 221 g/mol. The van der Waals surface area contributed by atoms with Crippen LogP contribution in [0.25, 0.3) is 0 Å². The molecule has 4 nitrogen and oxygen atoms in total. The third-order valence-electron chi connectivity index (χ3n) is 2.92. The molecule has 0 saturated carbocycles. The van der Waals surface area contributed by atoms with Gasteiger partial charge in [-0.1, -0.05) is 6.07 Å². The Morgan fingerprint density at radius 2 is 2.12 bits per heavy atom. The van der Waals surface area contributed by atoms with Gasteiger partial charge in [-0.05, 0) is 25.0 Å². The number of likely N-dealkylation sites (tertiary alicyclic amines) is 1. The van der Waals surface area contributed by atoms with Crippen molar-refractivity contribution in [3.05, 3.63) is 24.0 Å². The molecule has 0 aliphatic carbocycles. The lowest BCUT2D eigenvalue weighted by Gasteiger charge is -2.16. The molecule has 0 unspecified atom stereocenters. The van der Waals surface area contributed by atoms with Gasteiger partial charge in [-0.15, -0.1) is 0 Å². The minimum atomic E-state index is -0.431. The number of carbonyl (C=O) groups is 1. The lowest BCUT2D eigenvalue weighted by Crippen LogP contribution is -2.33. The average molecular weight is 237 g/mol. The van der Waals surface area contributed by atoms with Crippen molar-refractivity contribution in [1.82, 2.24) is 4.90 Å². The molecule has 1 heterocycles. The van der Waals surface area contributed by atoms with Gasteiger partial charge in [-0.2, -0.15) is 0 Å². The first-order valence-corrected chi connectivity index (χ1v) is 5.74. The Balaban J connectivity index is 1.95. The van der Waals surface area contributed by atoms with E-state index in [1.54, 1.807) is 11.0 Å². The Kier molecular flexibility index (Phi) is 3.46. The summed E-state index contributed by atoms with van der Waals surface area (Å²) in [6.45, 7) is 1.69. The number of nitrogens with two attached hydrogens (primary N) is 1. The zero-order valence-electron chi connectivity index (χ0n) is 9.58. The predicted octanol–water partition coefficient (Wildman–Crippen LogP) is 1.44. The van der Waals surface area contributed by atoms with E-state index in [2.05, 4.69) is 5.32 Å². The zero-order valence-corrected chi connectivity index (χ0v) is 9.58. The molecular formula is C12H16FN3O. The summed E-state index contributed by atoms with van der Waals surface area (Å²) in [6, 6.07) is 4.46. The summed E-state index contributed by atoms with van der Waals surface area (Å²) < 4.78 is 13.4. The van der Waals surface area contributed by atoms with Crippen molar-refractivity contribution < 1.29 is 9.18 Å². The molecule has 17 heavy (non-hydrogen) atoms. The number of benzene rings is 1. The molecule has 3 N–H and O–H groups in total. The number of hydrogen-bond acceptors (Lipinski definition) is 3. The molecule has 0 aromatic heterocycles. The Labute approximate surface area is 99.6 Å². The molecule has 1 aliphatic heterocycles. The maximum atomic E-state index is 13.4. The van der Waals surface area contributed by atoms with Crippen LogP contribution in [0.3, 0.4) is 0 Å². The predicted molar refractivity (Wildman–Crippen MR) is 65.1 cm³/mol. The van der Waals surface area contributed by atoms with Crippen LogP contribution in [-0.2, 0) is 4.79 Å². The third kappa shape index (κ3) is 2.67. The molecule has 2 rings (SSSR count). The van der Waals surface area contributed by atoms with Gasteiger partial charge < -0.3 is 16.0 Å². The largest absolute Gasteiger partial charge is 0.397 e. The van der Waals surface area contributed by atoms with E-state index in [9.17, 15) is 9.18 Å². The van der Waals surface area contributed by atoms with Gasteiger partial charge >= 0.3 is 0 Å². The topological polar surface area (TPSA) is 58.4 Å². The van der Waals surface area contributed by atoms with Crippen LogP contribution in [0.15, 0.2) is 18.2 Å². The van der Waals surface area contributed by atoms with Crippen LogP contribution in [0.2, 0.25) is 0 Å². The Hall–Kier alpha value is -1.78. The number of anilines is 2. The van der Waals surface area contributed by atoms with Crippen molar-refractivity contribution in [2.24, 2.45) is 0 Å². The maximum absolute atomic E-state index is 13.4. The van der Waals surface area contributed by atoms with Gasteiger partial charge in [0.15, 0.2) is 0 Å². The number of nitrogens with zero attached hydrogens (tertiary/aromatic N) is 1. The van der Waals surface area contributed by atoms with Gasteiger partial charge in [0.1, 0.15) is 5.82 Å². The fourth-order valence-corrected chi connectivity index (χ4v) is 1.97. The zero-order chi connectivity index (χ0) is 12.3. The summed E-state index contributed by atoms with van der Waals surface area (Å²) >= 11 is 0. The summed E-state index contributed by atoms with van der Waals surface area (Å²) in [7, 11) is 0. The highest BCUT2D eigenvalue weighted by atomic mass is 19.1. The van der Waals surface area contributed by atoms with Gasteiger partial charge in [0, 0.05) is 13.1 Å². The molecule has 0 atom stereocenters. The summed E-state index contributed by atoms with van der Waals surface area (Å²) in [6.07, 6.45) is 2.10. The second-order valence-electron chi connectivity index (χ2n) is 4.15. The summed E-state index contributed by atoms with van der Waals surface area (Å²) in [5.41, 5.74) is 6.16. The first-order chi connectivity index (χ1) is 8.18. The Bertz CT molecular complexity index is 396. The van der Waals surface area contributed by atoms with Crippen LogP contribution < -0.4 is 11.1 Å². The quantitative estimate of drug-likeness (QED) is 0.782. The Morgan fingerprint density at radius 3 is 2.76 bits per heavy atom. The third-order valence-corrected chi connectivity index (χ3v) is 2.92. The SMILES string of the molecule is Nc1cccc(F)c1NCC(=O)N1CCCC1. The molecule has 5 heteroatoms. The minimum Gasteiger partial charge on any atom is -0.397 e. The van der Waals surface area contributed by atoms with Crippen LogP contribution >= 0.6 is 0 Å². The Morgan fingerprint density at radius 1 is 1.41 bits per heavy atom. The lowest BCUT2D eigenvalue weighted by molar-refractivity contribution is -0.128. The average Bonchev–Trinajstić information content (AvgIpc) is 2.81. The van der Waals surface area contributed by atoms with E-state index in [4.69, 9.17) is 5.73 Å². The van der Waals surface area contributed by atoms with E-state index < -0.39 is 5.82 Å². The molecule has 1 aliphatic rings. The van der Waals surface area contributed by atoms with Crippen molar-refractivity contribution in [2.75, 3.05) is 30.7 Å². The molecule has 0 radical (unpaired) electrons. The molecule has 1 amide bonds. The summed E-state index contributed by atoms with van der Waals surface area (Å²) in [5.74, 6) is -0.440. The van der Waals surface area contributed by atoms with Crippen LogP contribution in [0.4, 0.5) is 15.8 Å². The first-order valence-electron chi connectivity index (χ1n) is 5.74. The summed E-state index contributed by atoms with van der Waals surface area (Å²) in [4.78, 5) is 13.5. The smallest absolute Gasteiger partial charge is 0.241 e. The van der Waals surface area contributed by atoms with E-state index >= 15 is 0 Å². The van der Waals surface area contributed by atoms with E-state index in [0.29, 0.717) is 5.69 Å². The van der Waals surface area contributed by atoms with Crippen LogP contribution in [0, 0.1) is 5.82 Å². The highest BCUT2D eigenvalue weighted by molar-refractivity contribution is 5.82. The lowest BCUT2D eigenvalue weighted by atomic mass is 10.2. The molecule has 1 fully saturated rings. The van der Waals surface area contributed by atoms with Crippen LogP contribution in [0.5, 0.6) is 0 Å². The van der Waals surface area contributed by atoms with E-state index in [1.807, 2.05) is 0 Å².